The fourth-order valence-electron chi connectivity index (χ4n) is 2.24. The molecular weight excluding hydrogens is 264 g/mol. The van der Waals surface area contributed by atoms with Crippen LogP contribution in [0.3, 0.4) is 0 Å². The third kappa shape index (κ3) is 2.83. The Kier molecular flexibility index (Phi) is 3.97. The molecule has 1 atom stereocenters. The highest BCUT2D eigenvalue weighted by atomic mass is 32.2. The maximum absolute atomic E-state index is 4.37. The molecule has 3 aromatic rings. The van der Waals surface area contributed by atoms with Crippen LogP contribution >= 0.6 is 11.8 Å². The Balaban J connectivity index is 1.77. The molecule has 1 unspecified atom stereocenters. The summed E-state index contributed by atoms with van der Waals surface area (Å²) >= 11 is 1.89. The zero-order valence-corrected chi connectivity index (χ0v) is 12.2. The summed E-state index contributed by atoms with van der Waals surface area (Å²) in [5.74, 6) is 0.985. The van der Waals surface area contributed by atoms with Gasteiger partial charge in [0.15, 0.2) is 0 Å². The summed E-state index contributed by atoms with van der Waals surface area (Å²) in [6.45, 7) is 2.18. The first kappa shape index (κ1) is 13.1. The predicted octanol–water partition coefficient (Wildman–Crippen LogP) is 4.62. The van der Waals surface area contributed by atoms with Gasteiger partial charge in [0.05, 0.1) is 5.69 Å². The van der Waals surface area contributed by atoms with Crippen molar-refractivity contribution >= 4 is 22.5 Å². The molecule has 0 radical (unpaired) electrons. The van der Waals surface area contributed by atoms with Gasteiger partial charge in [0.2, 0.25) is 0 Å². The van der Waals surface area contributed by atoms with Gasteiger partial charge in [0.25, 0.3) is 0 Å². The van der Waals surface area contributed by atoms with Gasteiger partial charge in [0.1, 0.15) is 0 Å². The third-order valence-corrected chi connectivity index (χ3v) is 4.59. The van der Waals surface area contributed by atoms with E-state index in [-0.39, 0.29) is 0 Å². The van der Waals surface area contributed by atoms with Crippen LogP contribution in [0.5, 0.6) is 0 Å². The van der Waals surface area contributed by atoms with Crippen LogP contribution in [-0.4, -0.2) is 9.97 Å². The molecule has 0 bridgehead atoms. The topological polar surface area (TPSA) is 25.8 Å². The molecule has 1 heterocycles. The molecule has 0 aliphatic carbocycles. The number of rotatable bonds is 4. The van der Waals surface area contributed by atoms with E-state index in [0.29, 0.717) is 5.25 Å². The van der Waals surface area contributed by atoms with Gasteiger partial charge in [-0.2, -0.15) is 0 Å². The van der Waals surface area contributed by atoms with Crippen molar-refractivity contribution in [3.05, 3.63) is 72.3 Å². The first-order valence-corrected chi connectivity index (χ1v) is 7.73. The second-order valence-electron chi connectivity index (χ2n) is 4.72. The van der Waals surface area contributed by atoms with Gasteiger partial charge in [-0.25, -0.2) is 0 Å². The van der Waals surface area contributed by atoms with Crippen LogP contribution in [-0.2, 0) is 5.75 Å². The largest absolute Gasteiger partial charge is 0.261 e. The van der Waals surface area contributed by atoms with Crippen LogP contribution in [0.15, 0.2) is 61.1 Å². The molecule has 0 amide bonds. The Morgan fingerprint density at radius 1 is 1.05 bits per heavy atom. The number of hydrogen-bond donors (Lipinski definition) is 0. The van der Waals surface area contributed by atoms with E-state index in [0.717, 1.165) is 11.4 Å². The SMILES string of the molecule is CC(SCc1cccc2ccccc12)c1cnccn1. The van der Waals surface area contributed by atoms with Gasteiger partial charge in [-0.1, -0.05) is 42.5 Å². The van der Waals surface area contributed by atoms with Crippen LogP contribution in [0.1, 0.15) is 23.4 Å². The lowest BCUT2D eigenvalue weighted by Gasteiger charge is -2.11. The summed E-state index contributed by atoms with van der Waals surface area (Å²) in [6.07, 6.45) is 5.32. The molecule has 0 fully saturated rings. The predicted molar refractivity (Wildman–Crippen MR) is 85.7 cm³/mol. The summed E-state index contributed by atoms with van der Waals surface area (Å²) in [6, 6.07) is 15.0. The number of fused-ring (bicyclic) bond motifs is 1. The fourth-order valence-corrected chi connectivity index (χ4v) is 3.21. The van der Waals surface area contributed by atoms with Gasteiger partial charge < -0.3 is 0 Å². The van der Waals surface area contributed by atoms with Crippen molar-refractivity contribution in [2.45, 2.75) is 17.9 Å². The van der Waals surface area contributed by atoms with E-state index >= 15 is 0 Å². The first-order chi connectivity index (χ1) is 9.84. The molecule has 0 spiro atoms. The van der Waals surface area contributed by atoms with Gasteiger partial charge in [-0.3, -0.25) is 9.97 Å². The van der Waals surface area contributed by atoms with Crippen molar-refractivity contribution in [3.8, 4) is 0 Å². The molecule has 3 heteroatoms. The first-order valence-electron chi connectivity index (χ1n) is 6.69. The van der Waals surface area contributed by atoms with E-state index in [9.17, 15) is 0 Å². The summed E-state index contributed by atoms with van der Waals surface area (Å²) in [4.78, 5) is 8.50. The third-order valence-electron chi connectivity index (χ3n) is 3.37. The van der Waals surface area contributed by atoms with E-state index in [1.165, 1.54) is 16.3 Å². The molecule has 100 valence electrons. The molecule has 0 saturated heterocycles. The van der Waals surface area contributed by atoms with E-state index in [1.54, 1.807) is 12.4 Å². The Morgan fingerprint density at radius 3 is 2.75 bits per heavy atom. The van der Waals surface area contributed by atoms with Crippen molar-refractivity contribution in [2.75, 3.05) is 0 Å². The quantitative estimate of drug-likeness (QED) is 0.697. The summed E-state index contributed by atoms with van der Waals surface area (Å²) in [7, 11) is 0. The summed E-state index contributed by atoms with van der Waals surface area (Å²) < 4.78 is 0. The van der Waals surface area contributed by atoms with Crippen molar-refractivity contribution in [2.24, 2.45) is 0 Å². The van der Waals surface area contributed by atoms with E-state index in [4.69, 9.17) is 0 Å². The molecule has 0 aliphatic rings. The molecule has 1 aromatic heterocycles. The van der Waals surface area contributed by atoms with Gasteiger partial charge in [-0.05, 0) is 23.3 Å². The molecule has 3 rings (SSSR count). The highest BCUT2D eigenvalue weighted by molar-refractivity contribution is 7.98. The Hall–Kier alpha value is -1.87. The smallest absolute Gasteiger partial charge is 0.0713 e. The minimum absolute atomic E-state index is 0.350. The molecular formula is C17H16N2S. The Morgan fingerprint density at radius 2 is 1.90 bits per heavy atom. The van der Waals surface area contributed by atoms with E-state index in [2.05, 4.69) is 59.4 Å². The van der Waals surface area contributed by atoms with Crippen molar-refractivity contribution < 1.29 is 0 Å². The zero-order chi connectivity index (χ0) is 13.8. The Labute approximate surface area is 123 Å². The normalized spacial score (nSPS) is 12.4. The lowest BCUT2D eigenvalue weighted by atomic mass is 10.1. The minimum atomic E-state index is 0.350. The van der Waals surface area contributed by atoms with Crippen LogP contribution in [0.2, 0.25) is 0 Å². The van der Waals surface area contributed by atoms with Crippen molar-refractivity contribution in [1.82, 2.24) is 9.97 Å². The van der Waals surface area contributed by atoms with Gasteiger partial charge >= 0.3 is 0 Å². The van der Waals surface area contributed by atoms with Crippen molar-refractivity contribution in [3.63, 3.8) is 0 Å². The van der Waals surface area contributed by atoms with Crippen LogP contribution < -0.4 is 0 Å². The average Bonchev–Trinajstić information content (AvgIpc) is 2.53. The number of nitrogens with zero attached hydrogens (tertiary/aromatic N) is 2. The number of aromatic nitrogens is 2. The molecule has 0 aliphatic heterocycles. The maximum Gasteiger partial charge on any atom is 0.0713 e. The molecule has 2 aromatic carbocycles. The lowest BCUT2D eigenvalue weighted by molar-refractivity contribution is 0.975. The molecule has 0 saturated carbocycles. The molecule has 2 nitrogen and oxygen atoms in total. The highest BCUT2D eigenvalue weighted by Crippen LogP contribution is 2.31. The van der Waals surface area contributed by atoms with Crippen molar-refractivity contribution in [1.29, 1.82) is 0 Å². The summed E-state index contributed by atoms with van der Waals surface area (Å²) in [5.41, 5.74) is 2.42. The molecule has 20 heavy (non-hydrogen) atoms. The fraction of sp³-hybridized carbons (Fsp3) is 0.176. The second-order valence-corrected chi connectivity index (χ2v) is 6.05. The summed E-state index contributed by atoms with van der Waals surface area (Å²) in [5, 5.41) is 2.99. The van der Waals surface area contributed by atoms with Gasteiger partial charge in [-0.15, -0.1) is 11.8 Å². The molecule has 0 N–H and O–H groups in total. The number of hydrogen-bond acceptors (Lipinski definition) is 3. The zero-order valence-electron chi connectivity index (χ0n) is 11.4. The highest BCUT2D eigenvalue weighted by Gasteiger charge is 2.08. The van der Waals surface area contributed by atoms with Crippen LogP contribution in [0, 0.1) is 0 Å². The van der Waals surface area contributed by atoms with Gasteiger partial charge in [0, 0.05) is 29.6 Å². The van der Waals surface area contributed by atoms with Crippen LogP contribution in [0.25, 0.3) is 10.8 Å². The maximum atomic E-state index is 4.37. The number of benzene rings is 2. The number of thioether (sulfide) groups is 1. The monoisotopic (exact) mass is 280 g/mol. The standard InChI is InChI=1S/C17H16N2S/c1-13(17-11-18-9-10-19-17)20-12-15-7-4-6-14-5-2-3-8-16(14)15/h2-11,13H,12H2,1H3. The minimum Gasteiger partial charge on any atom is -0.261 e. The lowest BCUT2D eigenvalue weighted by Crippen LogP contribution is -1.94. The average molecular weight is 280 g/mol. The van der Waals surface area contributed by atoms with E-state index < -0.39 is 0 Å². The second kappa shape index (κ2) is 6.06. The van der Waals surface area contributed by atoms with Crippen LogP contribution in [0.4, 0.5) is 0 Å². The Bertz CT molecular complexity index is 692. The van der Waals surface area contributed by atoms with E-state index in [1.807, 2.05) is 18.0 Å².